The van der Waals surface area contributed by atoms with Gasteiger partial charge in [0.2, 0.25) is 5.91 Å². The Bertz CT molecular complexity index is 1250. The van der Waals surface area contributed by atoms with Crippen LogP contribution in [0.5, 0.6) is 5.75 Å². The van der Waals surface area contributed by atoms with Crippen molar-refractivity contribution in [1.29, 1.82) is 0 Å². The van der Waals surface area contributed by atoms with E-state index in [2.05, 4.69) is 15.2 Å². The highest BCUT2D eigenvalue weighted by Gasteiger charge is 2.21. The van der Waals surface area contributed by atoms with Crippen LogP contribution < -0.4 is 9.64 Å². The second-order valence-corrected chi connectivity index (χ2v) is 8.82. The van der Waals surface area contributed by atoms with Gasteiger partial charge in [0.15, 0.2) is 5.13 Å². The lowest BCUT2D eigenvalue weighted by atomic mass is 10.1. The van der Waals surface area contributed by atoms with E-state index in [9.17, 15) is 4.79 Å². The predicted molar refractivity (Wildman–Crippen MR) is 127 cm³/mol. The number of amides is 1. The summed E-state index contributed by atoms with van der Waals surface area (Å²) in [6.45, 7) is 5.60. The average molecular weight is 467 g/mol. The van der Waals surface area contributed by atoms with Gasteiger partial charge in [-0.1, -0.05) is 36.0 Å². The maximum absolute atomic E-state index is 12.4. The number of aryl methyl sites for hydroxylation is 1. The summed E-state index contributed by atoms with van der Waals surface area (Å²) in [4.78, 5) is 18.8. The largest absolute Gasteiger partial charge is 0.496 e. The Balaban J connectivity index is 1.50. The van der Waals surface area contributed by atoms with Crippen LogP contribution in [0.3, 0.4) is 0 Å². The SMILES string of the molecule is COc1ccccc1-c1nnc(SCc2csc(N(C(C)=O)c3cccc(C)c3C)n2)o1. The van der Waals surface area contributed by atoms with Gasteiger partial charge in [0.05, 0.1) is 24.1 Å². The molecule has 0 saturated carbocycles. The van der Waals surface area contributed by atoms with Crippen molar-refractivity contribution in [1.82, 2.24) is 15.2 Å². The van der Waals surface area contributed by atoms with E-state index < -0.39 is 0 Å². The first-order valence-corrected chi connectivity index (χ1v) is 11.8. The molecule has 4 rings (SSSR count). The molecule has 1 amide bonds. The van der Waals surface area contributed by atoms with Crippen molar-refractivity contribution in [2.24, 2.45) is 0 Å². The zero-order chi connectivity index (χ0) is 22.7. The highest BCUT2D eigenvalue weighted by Crippen LogP contribution is 2.35. The number of carbonyl (C=O) groups is 1. The van der Waals surface area contributed by atoms with E-state index in [1.807, 2.05) is 61.7 Å². The van der Waals surface area contributed by atoms with Gasteiger partial charge in [0.25, 0.3) is 11.1 Å². The lowest BCUT2D eigenvalue weighted by Crippen LogP contribution is -2.23. The highest BCUT2D eigenvalue weighted by molar-refractivity contribution is 7.98. The maximum atomic E-state index is 12.4. The van der Waals surface area contributed by atoms with Crippen LogP contribution in [0, 0.1) is 13.8 Å². The van der Waals surface area contributed by atoms with Crippen molar-refractivity contribution in [3.63, 3.8) is 0 Å². The van der Waals surface area contributed by atoms with Crippen LogP contribution >= 0.6 is 23.1 Å². The van der Waals surface area contributed by atoms with E-state index >= 15 is 0 Å². The quantitative estimate of drug-likeness (QED) is 0.319. The molecule has 2 aromatic heterocycles. The van der Waals surface area contributed by atoms with Crippen LogP contribution in [0.1, 0.15) is 23.7 Å². The first kappa shape index (κ1) is 22.0. The summed E-state index contributed by atoms with van der Waals surface area (Å²) in [5.41, 5.74) is 4.62. The molecule has 0 saturated heterocycles. The molecule has 0 spiro atoms. The number of para-hydroxylation sites is 1. The Morgan fingerprint density at radius 2 is 1.97 bits per heavy atom. The number of rotatable bonds is 7. The van der Waals surface area contributed by atoms with Crippen molar-refractivity contribution in [2.45, 2.75) is 31.7 Å². The Labute approximate surface area is 194 Å². The lowest BCUT2D eigenvalue weighted by molar-refractivity contribution is -0.115. The number of ether oxygens (including phenoxy) is 1. The van der Waals surface area contributed by atoms with Gasteiger partial charge in [0.1, 0.15) is 5.75 Å². The summed E-state index contributed by atoms with van der Waals surface area (Å²) in [6, 6.07) is 13.4. The van der Waals surface area contributed by atoms with E-state index in [1.165, 1.54) is 23.1 Å². The van der Waals surface area contributed by atoms with Crippen LogP contribution in [0.2, 0.25) is 0 Å². The fourth-order valence-corrected chi connectivity index (χ4v) is 4.83. The van der Waals surface area contributed by atoms with Crippen LogP contribution in [-0.2, 0) is 10.5 Å². The minimum absolute atomic E-state index is 0.0781. The van der Waals surface area contributed by atoms with E-state index in [-0.39, 0.29) is 5.91 Å². The van der Waals surface area contributed by atoms with Gasteiger partial charge in [-0.2, -0.15) is 0 Å². The van der Waals surface area contributed by atoms with Crippen molar-refractivity contribution in [3.8, 4) is 17.2 Å². The van der Waals surface area contributed by atoms with Crippen molar-refractivity contribution >= 4 is 39.8 Å². The number of benzene rings is 2. The van der Waals surface area contributed by atoms with E-state index in [1.54, 1.807) is 18.9 Å². The number of nitrogens with zero attached hydrogens (tertiary/aromatic N) is 4. The molecular weight excluding hydrogens is 444 g/mol. The van der Waals surface area contributed by atoms with Gasteiger partial charge < -0.3 is 9.15 Å². The molecule has 0 aliphatic heterocycles. The van der Waals surface area contributed by atoms with Gasteiger partial charge in [0, 0.05) is 18.1 Å². The molecule has 0 unspecified atom stereocenters. The number of aromatic nitrogens is 3. The monoisotopic (exact) mass is 466 g/mol. The molecule has 0 radical (unpaired) electrons. The summed E-state index contributed by atoms with van der Waals surface area (Å²) in [6.07, 6.45) is 0. The summed E-state index contributed by atoms with van der Waals surface area (Å²) in [7, 11) is 1.60. The number of methoxy groups -OCH3 is 1. The maximum Gasteiger partial charge on any atom is 0.277 e. The molecule has 0 fully saturated rings. The molecule has 2 heterocycles. The lowest BCUT2D eigenvalue weighted by Gasteiger charge is -2.21. The van der Waals surface area contributed by atoms with E-state index in [0.29, 0.717) is 27.7 Å². The van der Waals surface area contributed by atoms with Crippen molar-refractivity contribution in [3.05, 3.63) is 64.7 Å². The number of hydrogen-bond acceptors (Lipinski definition) is 8. The second-order valence-electron chi connectivity index (χ2n) is 7.06. The third kappa shape index (κ3) is 4.53. The number of carbonyl (C=O) groups excluding carboxylic acids is 1. The molecule has 0 aliphatic rings. The van der Waals surface area contributed by atoms with Crippen molar-refractivity contribution in [2.75, 3.05) is 12.0 Å². The minimum Gasteiger partial charge on any atom is -0.496 e. The van der Waals surface area contributed by atoms with Gasteiger partial charge in [-0.05, 0) is 43.2 Å². The van der Waals surface area contributed by atoms with Crippen LogP contribution in [0.25, 0.3) is 11.5 Å². The zero-order valence-corrected chi connectivity index (χ0v) is 19.8. The second kappa shape index (κ2) is 9.54. The van der Waals surface area contributed by atoms with Crippen molar-refractivity contribution < 1.29 is 13.9 Å². The Morgan fingerprint density at radius 1 is 1.16 bits per heavy atom. The summed E-state index contributed by atoms with van der Waals surface area (Å²) in [5, 5.41) is 11.3. The standard InChI is InChI=1S/C23H22N4O3S2/c1-14-8-7-10-19(15(14)2)27(16(3)28)22-24-17(12-31-22)13-32-23-26-25-21(30-23)18-9-5-6-11-20(18)29-4/h5-12H,13H2,1-4H3. The normalized spacial score (nSPS) is 10.9. The number of anilines is 2. The minimum atomic E-state index is -0.0781. The van der Waals surface area contributed by atoms with E-state index in [4.69, 9.17) is 9.15 Å². The molecule has 0 aliphatic carbocycles. The summed E-state index contributed by atoms with van der Waals surface area (Å²) in [5.74, 6) is 1.54. The fraction of sp³-hybridized carbons (Fsp3) is 0.217. The van der Waals surface area contributed by atoms with Gasteiger partial charge >= 0.3 is 0 Å². The third-order valence-corrected chi connectivity index (χ3v) is 6.68. The molecule has 7 nitrogen and oxygen atoms in total. The third-order valence-electron chi connectivity index (χ3n) is 4.95. The first-order chi connectivity index (χ1) is 15.5. The molecule has 0 bridgehead atoms. The van der Waals surface area contributed by atoms with Gasteiger partial charge in [-0.15, -0.1) is 21.5 Å². The van der Waals surface area contributed by atoms with Gasteiger partial charge in [-0.25, -0.2) is 4.98 Å². The van der Waals surface area contributed by atoms with Crippen LogP contribution in [0.15, 0.2) is 57.5 Å². The first-order valence-electron chi connectivity index (χ1n) is 9.89. The Kier molecular flexibility index (Phi) is 6.57. The smallest absolute Gasteiger partial charge is 0.277 e. The molecular formula is C23H22N4O3S2. The average Bonchev–Trinajstić information content (AvgIpc) is 3.45. The van der Waals surface area contributed by atoms with E-state index in [0.717, 1.165) is 28.1 Å². The molecule has 4 aromatic rings. The van der Waals surface area contributed by atoms with Crippen LogP contribution in [0.4, 0.5) is 10.8 Å². The summed E-state index contributed by atoms with van der Waals surface area (Å²) < 4.78 is 11.2. The molecule has 164 valence electrons. The molecule has 32 heavy (non-hydrogen) atoms. The Hall–Kier alpha value is -3.17. The summed E-state index contributed by atoms with van der Waals surface area (Å²) >= 11 is 2.83. The molecule has 0 atom stereocenters. The molecule has 2 aromatic carbocycles. The molecule has 0 N–H and O–H groups in total. The Morgan fingerprint density at radius 3 is 2.75 bits per heavy atom. The van der Waals surface area contributed by atoms with Crippen LogP contribution in [-0.4, -0.2) is 28.2 Å². The number of thiazole rings is 1. The zero-order valence-electron chi connectivity index (χ0n) is 18.2. The predicted octanol–water partition coefficient (Wildman–Crippen LogP) is 5.80. The van der Waals surface area contributed by atoms with Gasteiger partial charge in [-0.3, -0.25) is 9.69 Å². The fourth-order valence-electron chi connectivity index (χ4n) is 3.18. The topological polar surface area (TPSA) is 81.4 Å². The number of thioether (sulfide) groups is 1. The number of hydrogen-bond donors (Lipinski definition) is 0. The molecule has 9 heteroatoms. The highest BCUT2D eigenvalue weighted by atomic mass is 32.2.